The molecule has 98 valence electrons. The van der Waals surface area contributed by atoms with Crippen LogP contribution in [-0.2, 0) is 0 Å². The molecule has 0 unspecified atom stereocenters. The largest absolute Gasteiger partial charge is 0.340 e. The second-order valence-corrected chi connectivity index (χ2v) is 4.19. The monoisotopic (exact) mass is 271 g/mol. The van der Waals surface area contributed by atoms with E-state index in [2.05, 4.69) is 5.32 Å². The Bertz CT molecular complexity index is 465. The maximum atomic E-state index is 12.0. The van der Waals surface area contributed by atoms with E-state index in [1.54, 1.807) is 14.1 Å². The first-order valence-corrected chi connectivity index (χ1v) is 5.69. The highest BCUT2D eigenvalue weighted by Crippen LogP contribution is 2.24. The first-order valence-electron chi connectivity index (χ1n) is 5.31. The molecule has 0 spiro atoms. The zero-order valence-electron chi connectivity index (χ0n) is 10.1. The van der Waals surface area contributed by atoms with Gasteiger partial charge in [-0.15, -0.1) is 0 Å². The Hall–Kier alpha value is -1.66. The summed E-state index contributed by atoms with van der Waals surface area (Å²) < 4.78 is 0. The molecule has 6 nitrogen and oxygen atoms in total. The Labute approximate surface area is 110 Å². The first-order chi connectivity index (χ1) is 8.47. The number of nitrogens with one attached hydrogen (secondary N) is 1. The molecule has 0 saturated carbocycles. The minimum Gasteiger partial charge on any atom is -0.340 e. The lowest BCUT2D eigenvalue weighted by atomic mass is 10.1. The van der Waals surface area contributed by atoms with Crippen LogP contribution in [0.15, 0.2) is 18.2 Å². The lowest BCUT2D eigenvalue weighted by Gasteiger charge is -2.16. The van der Waals surface area contributed by atoms with Crippen molar-refractivity contribution in [3.63, 3.8) is 0 Å². The molecule has 1 rings (SSSR count). The van der Waals surface area contributed by atoms with Crippen LogP contribution in [-0.4, -0.2) is 42.9 Å². The van der Waals surface area contributed by atoms with Crippen LogP contribution >= 0.6 is 11.6 Å². The molecule has 1 amide bonds. The minimum absolute atomic E-state index is 0.0444. The van der Waals surface area contributed by atoms with Crippen molar-refractivity contribution in [1.29, 1.82) is 0 Å². The van der Waals surface area contributed by atoms with E-state index in [9.17, 15) is 14.9 Å². The number of halogens is 1. The topological polar surface area (TPSA) is 75.5 Å². The number of carbonyl (C=O) groups excluding carboxylic acids is 1. The van der Waals surface area contributed by atoms with E-state index in [4.69, 9.17) is 11.6 Å². The van der Waals surface area contributed by atoms with Crippen molar-refractivity contribution in [2.75, 3.05) is 27.2 Å². The fraction of sp³-hybridized carbons (Fsp3) is 0.364. The van der Waals surface area contributed by atoms with Crippen LogP contribution in [0.1, 0.15) is 10.4 Å². The predicted octanol–water partition coefficient (Wildman–Crippen LogP) is 1.54. The minimum atomic E-state index is -0.606. The number of hydrogen-bond donors (Lipinski definition) is 1. The fourth-order valence-electron chi connectivity index (χ4n) is 1.42. The van der Waals surface area contributed by atoms with Gasteiger partial charge in [0.15, 0.2) is 0 Å². The molecule has 0 saturated heterocycles. The summed E-state index contributed by atoms with van der Waals surface area (Å²) in [5.41, 5.74) is -0.230. The fourth-order valence-corrected chi connectivity index (χ4v) is 1.59. The molecule has 1 aromatic carbocycles. The van der Waals surface area contributed by atoms with Gasteiger partial charge in [-0.05, 0) is 19.2 Å². The smallest absolute Gasteiger partial charge is 0.283 e. The molecule has 1 aromatic rings. The van der Waals surface area contributed by atoms with Crippen molar-refractivity contribution < 1.29 is 9.72 Å². The van der Waals surface area contributed by atoms with Gasteiger partial charge in [0.25, 0.3) is 11.6 Å². The van der Waals surface area contributed by atoms with E-state index in [1.165, 1.54) is 23.1 Å². The quantitative estimate of drug-likeness (QED) is 0.651. The highest BCUT2D eigenvalue weighted by molar-refractivity contribution is 6.31. The van der Waals surface area contributed by atoms with Crippen LogP contribution in [0.2, 0.25) is 5.02 Å². The Kier molecular flexibility index (Phi) is 5.06. The van der Waals surface area contributed by atoms with Crippen molar-refractivity contribution in [3.05, 3.63) is 38.9 Å². The van der Waals surface area contributed by atoms with Gasteiger partial charge < -0.3 is 10.2 Å². The van der Waals surface area contributed by atoms with Gasteiger partial charge in [-0.3, -0.25) is 14.9 Å². The zero-order chi connectivity index (χ0) is 13.7. The number of rotatable bonds is 5. The molecule has 0 aromatic heterocycles. The summed E-state index contributed by atoms with van der Waals surface area (Å²) >= 11 is 5.69. The number of carbonyl (C=O) groups is 1. The molecule has 0 aliphatic heterocycles. The summed E-state index contributed by atoms with van der Waals surface area (Å²) in [6.45, 7) is 1.08. The van der Waals surface area contributed by atoms with Crippen molar-refractivity contribution in [3.8, 4) is 0 Å². The second-order valence-electron chi connectivity index (χ2n) is 3.75. The normalized spacial score (nSPS) is 10.2. The van der Waals surface area contributed by atoms with Gasteiger partial charge in [0.05, 0.1) is 4.92 Å². The third-order valence-electron chi connectivity index (χ3n) is 2.43. The van der Waals surface area contributed by atoms with Crippen molar-refractivity contribution >= 4 is 23.2 Å². The summed E-state index contributed by atoms with van der Waals surface area (Å²) in [4.78, 5) is 23.7. The third kappa shape index (κ3) is 3.41. The number of hydrogen-bond acceptors (Lipinski definition) is 4. The number of likely N-dealkylation sites (N-methyl/N-ethyl adjacent to an activating group) is 2. The van der Waals surface area contributed by atoms with Gasteiger partial charge in [-0.25, -0.2) is 0 Å². The van der Waals surface area contributed by atoms with Gasteiger partial charge in [0.2, 0.25) is 0 Å². The highest BCUT2D eigenvalue weighted by Gasteiger charge is 2.22. The predicted molar refractivity (Wildman–Crippen MR) is 69.0 cm³/mol. The Morgan fingerprint density at radius 2 is 2.22 bits per heavy atom. The maximum absolute atomic E-state index is 12.0. The molecule has 0 aliphatic carbocycles. The van der Waals surface area contributed by atoms with Crippen LogP contribution in [0.25, 0.3) is 0 Å². The van der Waals surface area contributed by atoms with E-state index >= 15 is 0 Å². The van der Waals surface area contributed by atoms with Gasteiger partial charge in [-0.1, -0.05) is 11.6 Å². The van der Waals surface area contributed by atoms with E-state index < -0.39 is 10.8 Å². The average molecular weight is 272 g/mol. The van der Waals surface area contributed by atoms with Crippen LogP contribution in [0.4, 0.5) is 5.69 Å². The SMILES string of the molecule is CNCCN(C)C(=O)c1ccc(Cl)cc1[N+](=O)[O-]. The van der Waals surface area contributed by atoms with E-state index in [1.807, 2.05) is 0 Å². The lowest BCUT2D eigenvalue weighted by Crippen LogP contribution is -2.33. The first kappa shape index (κ1) is 14.4. The standard InChI is InChI=1S/C11H14ClN3O3/c1-13-5-6-14(2)11(16)9-4-3-8(12)7-10(9)15(17)18/h3-4,7,13H,5-6H2,1-2H3. The number of nitrogens with zero attached hydrogens (tertiary/aromatic N) is 2. The second kappa shape index (κ2) is 6.32. The van der Waals surface area contributed by atoms with Gasteiger partial charge >= 0.3 is 0 Å². The molecular formula is C11H14ClN3O3. The Balaban J connectivity index is 3.01. The molecule has 0 bridgehead atoms. The molecule has 0 aliphatic rings. The lowest BCUT2D eigenvalue weighted by molar-refractivity contribution is -0.385. The molecule has 1 N–H and O–H groups in total. The van der Waals surface area contributed by atoms with Crippen molar-refractivity contribution in [2.45, 2.75) is 0 Å². The molecular weight excluding hydrogens is 258 g/mol. The van der Waals surface area contributed by atoms with E-state index in [0.29, 0.717) is 13.1 Å². The number of nitro benzene ring substituents is 1. The molecule has 18 heavy (non-hydrogen) atoms. The van der Waals surface area contributed by atoms with Crippen LogP contribution in [0.5, 0.6) is 0 Å². The van der Waals surface area contributed by atoms with Crippen LogP contribution < -0.4 is 5.32 Å². The van der Waals surface area contributed by atoms with Gasteiger partial charge in [-0.2, -0.15) is 0 Å². The van der Waals surface area contributed by atoms with Crippen LogP contribution in [0, 0.1) is 10.1 Å². The summed E-state index contributed by atoms with van der Waals surface area (Å²) in [7, 11) is 3.36. The summed E-state index contributed by atoms with van der Waals surface area (Å²) in [5.74, 6) is -0.395. The average Bonchev–Trinajstić information content (AvgIpc) is 2.34. The zero-order valence-corrected chi connectivity index (χ0v) is 10.9. The van der Waals surface area contributed by atoms with E-state index in [0.717, 1.165) is 0 Å². The molecule has 7 heteroatoms. The summed E-state index contributed by atoms with van der Waals surface area (Å²) in [6, 6.07) is 4.02. The number of nitro groups is 1. The van der Waals surface area contributed by atoms with Crippen molar-refractivity contribution in [1.82, 2.24) is 10.2 Å². The van der Waals surface area contributed by atoms with Crippen molar-refractivity contribution in [2.24, 2.45) is 0 Å². The third-order valence-corrected chi connectivity index (χ3v) is 2.67. The summed E-state index contributed by atoms with van der Waals surface area (Å²) in [6.07, 6.45) is 0. The molecule has 0 fully saturated rings. The Morgan fingerprint density at radius 3 is 2.78 bits per heavy atom. The van der Waals surface area contributed by atoms with Gasteiger partial charge in [0, 0.05) is 31.2 Å². The number of amides is 1. The van der Waals surface area contributed by atoms with Gasteiger partial charge in [0.1, 0.15) is 5.56 Å². The molecule has 0 radical (unpaired) electrons. The summed E-state index contributed by atoms with van der Waals surface area (Å²) in [5, 5.41) is 14.0. The number of benzene rings is 1. The highest BCUT2D eigenvalue weighted by atomic mass is 35.5. The Morgan fingerprint density at radius 1 is 1.56 bits per heavy atom. The maximum Gasteiger partial charge on any atom is 0.283 e. The molecule has 0 heterocycles. The van der Waals surface area contributed by atoms with E-state index in [-0.39, 0.29) is 16.3 Å². The molecule has 0 atom stereocenters. The van der Waals surface area contributed by atoms with Crippen LogP contribution in [0.3, 0.4) is 0 Å².